The van der Waals surface area contributed by atoms with Gasteiger partial charge in [0, 0.05) is 20.1 Å². The van der Waals surface area contributed by atoms with Crippen LogP contribution in [0.2, 0.25) is 0 Å². The molecule has 0 bridgehead atoms. The van der Waals surface area contributed by atoms with Gasteiger partial charge in [0.1, 0.15) is 0 Å². The summed E-state index contributed by atoms with van der Waals surface area (Å²) in [4.78, 5) is 4.02. The molecule has 0 unspecified atom stereocenters. The maximum Gasteiger partial charge on any atom is 0.387 e. The molecule has 0 saturated heterocycles. The second kappa shape index (κ2) is 11.0. The Balaban J connectivity index is 0.00000441. The highest BCUT2D eigenvalue weighted by Gasteiger charge is 2.11. The van der Waals surface area contributed by atoms with Gasteiger partial charge >= 0.3 is 6.61 Å². The molecule has 8 heteroatoms. The van der Waals surface area contributed by atoms with Crippen molar-refractivity contribution in [3.8, 4) is 11.5 Å². The van der Waals surface area contributed by atoms with E-state index < -0.39 is 6.61 Å². The first-order chi connectivity index (χ1) is 10.1. The molecule has 0 fully saturated rings. The zero-order chi connectivity index (χ0) is 15.7. The Labute approximate surface area is 145 Å². The number of nitrogens with zero attached hydrogens (tertiary/aromatic N) is 1. The molecule has 0 radical (unpaired) electrons. The summed E-state index contributed by atoms with van der Waals surface area (Å²) in [6.45, 7) is 1.67. The number of benzene rings is 1. The molecule has 0 aliphatic heterocycles. The van der Waals surface area contributed by atoms with Gasteiger partial charge in [-0.1, -0.05) is 12.1 Å². The summed E-state index contributed by atoms with van der Waals surface area (Å²) in [7, 11) is 3.03. The first kappa shape index (κ1) is 20.4. The number of nitrogens with one attached hydrogen (secondary N) is 2. The number of aliphatic imine (C=N–C) groups is 1. The summed E-state index contributed by atoms with van der Waals surface area (Å²) in [5.41, 5.74) is 0.757. The second-order valence-electron chi connectivity index (χ2n) is 3.96. The van der Waals surface area contributed by atoms with Crippen molar-refractivity contribution in [2.24, 2.45) is 4.99 Å². The van der Waals surface area contributed by atoms with E-state index in [-0.39, 0.29) is 35.5 Å². The monoisotopic (exact) mass is 427 g/mol. The molecular weight excluding hydrogens is 407 g/mol. The highest BCUT2D eigenvalue weighted by molar-refractivity contribution is 14.0. The SMILES string of the molecule is C=CCNC(=NC)NCc1ccc(OC)c(OC(F)F)c1.I. The Kier molecular flexibility index (Phi) is 10.3. The lowest BCUT2D eigenvalue weighted by Crippen LogP contribution is -2.36. The van der Waals surface area contributed by atoms with E-state index in [1.807, 2.05) is 0 Å². The summed E-state index contributed by atoms with van der Waals surface area (Å²) >= 11 is 0. The Hall–Kier alpha value is -1.58. The number of halogens is 3. The number of alkyl halides is 2. The molecule has 5 nitrogen and oxygen atoms in total. The molecular formula is C14H20F2IN3O2. The van der Waals surface area contributed by atoms with E-state index >= 15 is 0 Å². The molecule has 0 spiro atoms. The van der Waals surface area contributed by atoms with Crippen molar-refractivity contribution < 1.29 is 18.3 Å². The Morgan fingerprint density at radius 2 is 2.09 bits per heavy atom. The van der Waals surface area contributed by atoms with Gasteiger partial charge in [0.15, 0.2) is 17.5 Å². The van der Waals surface area contributed by atoms with Crippen molar-refractivity contribution in [2.75, 3.05) is 20.7 Å². The Morgan fingerprint density at radius 1 is 1.36 bits per heavy atom. The van der Waals surface area contributed by atoms with Crippen molar-refractivity contribution in [2.45, 2.75) is 13.2 Å². The largest absolute Gasteiger partial charge is 0.493 e. The van der Waals surface area contributed by atoms with E-state index in [0.717, 1.165) is 5.56 Å². The minimum atomic E-state index is -2.90. The summed E-state index contributed by atoms with van der Waals surface area (Å²) in [5.74, 6) is 0.844. The minimum Gasteiger partial charge on any atom is -0.493 e. The Morgan fingerprint density at radius 3 is 2.64 bits per heavy atom. The smallest absolute Gasteiger partial charge is 0.387 e. The van der Waals surface area contributed by atoms with Gasteiger partial charge in [-0.15, -0.1) is 30.6 Å². The number of hydrogen-bond acceptors (Lipinski definition) is 3. The van der Waals surface area contributed by atoms with Crippen LogP contribution in [0.5, 0.6) is 11.5 Å². The minimum absolute atomic E-state index is 0. The fourth-order valence-electron chi connectivity index (χ4n) is 1.59. The molecule has 1 rings (SSSR count). The summed E-state index contributed by atoms with van der Waals surface area (Å²) < 4.78 is 34.1. The van der Waals surface area contributed by atoms with Crippen molar-refractivity contribution in [1.82, 2.24) is 10.6 Å². The van der Waals surface area contributed by atoms with Gasteiger partial charge < -0.3 is 20.1 Å². The third kappa shape index (κ3) is 6.92. The van der Waals surface area contributed by atoms with Crippen LogP contribution in [0.3, 0.4) is 0 Å². The van der Waals surface area contributed by atoms with E-state index in [2.05, 4.69) is 26.9 Å². The summed E-state index contributed by atoms with van der Waals surface area (Å²) in [6.07, 6.45) is 1.70. The van der Waals surface area contributed by atoms with E-state index in [1.165, 1.54) is 13.2 Å². The van der Waals surface area contributed by atoms with Crippen LogP contribution in [0.25, 0.3) is 0 Å². The standard InChI is InChI=1S/C14H19F2N3O2.HI/c1-4-7-18-14(17-2)19-9-10-5-6-11(20-3)12(8-10)21-13(15)16;/h4-6,8,13H,1,7,9H2,2-3H3,(H2,17,18,19);1H. The maximum atomic E-state index is 12.3. The van der Waals surface area contributed by atoms with Gasteiger partial charge in [-0.2, -0.15) is 8.78 Å². The molecule has 0 aromatic heterocycles. The quantitative estimate of drug-likeness (QED) is 0.304. The van der Waals surface area contributed by atoms with Crippen LogP contribution in [0.15, 0.2) is 35.8 Å². The topological polar surface area (TPSA) is 54.9 Å². The van der Waals surface area contributed by atoms with Gasteiger partial charge in [-0.05, 0) is 17.7 Å². The molecule has 0 heterocycles. The normalized spacial score (nSPS) is 10.7. The second-order valence-corrected chi connectivity index (χ2v) is 3.96. The van der Waals surface area contributed by atoms with Crippen LogP contribution in [0.1, 0.15) is 5.56 Å². The molecule has 0 aliphatic rings. The molecule has 0 aliphatic carbocycles. The first-order valence-corrected chi connectivity index (χ1v) is 6.27. The first-order valence-electron chi connectivity index (χ1n) is 6.27. The lowest BCUT2D eigenvalue weighted by Gasteiger charge is -2.13. The van der Waals surface area contributed by atoms with Crippen molar-refractivity contribution in [3.63, 3.8) is 0 Å². The predicted molar refractivity (Wildman–Crippen MR) is 93.4 cm³/mol. The van der Waals surface area contributed by atoms with E-state index in [1.54, 1.807) is 25.3 Å². The third-order valence-corrected chi connectivity index (χ3v) is 2.54. The number of hydrogen-bond donors (Lipinski definition) is 2. The summed E-state index contributed by atoms with van der Waals surface area (Å²) in [6, 6.07) is 4.83. The van der Waals surface area contributed by atoms with Crippen LogP contribution in [-0.2, 0) is 6.54 Å². The summed E-state index contributed by atoms with van der Waals surface area (Å²) in [5, 5.41) is 6.05. The highest BCUT2D eigenvalue weighted by Crippen LogP contribution is 2.29. The van der Waals surface area contributed by atoms with Crippen molar-refractivity contribution in [3.05, 3.63) is 36.4 Å². The van der Waals surface area contributed by atoms with Crippen molar-refractivity contribution >= 4 is 29.9 Å². The number of guanidine groups is 1. The zero-order valence-corrected chi connectivity index (χ0v) is 14.8. The van der Waals surface area contributed by atoms with Gasteiger partial charge in [-0.25, -0.2) is 0 Å². The zero-order valence-electron chi connectivity index (χ0n) is 12.4. The van der Waals surface area contributed by atoms with Crippen LogP contribution in [0.4, 0.5) is 8.78 Å². The average molecular weight is 427 g/mol. The van der Waals surface area contributed by atoms with Crippen LogP contribution < -0.4 is 20.1 Å². The van der Waals surface area contributed by atoms with Crippen LogP contribution in [-0.4, -0.2) is 33.3 Å². The van der Waals surface area contributed by atoms with Gasteiger partial charge in [0.25, 0.3) is 0 Å². The molecule has 0 atom stereocenters. The fourth-order valence-corrected chi connectivity index (χ4v) is 1.59. The molecule has 1 aromatic rings. The number of methoxy groups -OCH3 is 1. The van der Waals surface area contributed by atoms with E-state index in [0.29, 0.717) is 19.0 Å². The number of ether oxygens (including phenoxy) is 2. The average Bonchev–Trinajstić information content (AvgIpc) is 2.47. The highest BCUT2D eigenvalue weighted by atomic mass is 127. The molecule has 2 N–H and O–H groups in total. The lowest BCUT2D eigenvalue weighted by molar-refractivity contribution is -0.0512. The molecule has 0 amide bonds. The van der Waals surface area contributed by atoms with Gasteiger partial charge in [0.05, 0.1) is 7.11 Å². The molecule has 0 saturated carbocycles. The van der Waals surface area contributed by atoms with E-state index in [4.69, 9.17) is 4.74 Å². The van der Waals surface area contributed by atoms with Crippen LogP contribution in [0, 0.1) is 0 Å². The third-order valence-electron chi connectivity index (χ3n) is 2.54. The maximum absolute atomic E-state index is 12.3. The number of rotatable bonds is 7. The predicted octanol–water partition coefficient (Wildman–Crippen LogP) is 2.77. The Bertz CT molecular complexity index is 499. The van der Waals surface area contributed by atoms with Gasteiger partial charge in [0.2, 0.25) is 0 Å². The molecule has 124 valence electrons. The fraction of sp³-hybridized carbons (Fsp3) is 0.357. The lowest BCUT2D eigenvalue weighted by atomic mass is 10.2. The van der Waals surface area contributed by atoms with Gasteiger partial charge in [-0.3, -0.25) is 4.99 Å². The van der Waals surface area contributed by atoms with Crippen molar-refractivity contribution in [1.29, 1.82) is 0 Å². The van der Waals surface area contributed by atoms with E-state index in [9.17, 15) is 8.78 Å². The molecule has 22 heavy (non-hydrogen) atoms. The van der Waals surface area contributed by atoms with Crippen LogP contribution >= 0.6 is 24.0 Å². The molecule has 1 aromatic carbocycles.